The number of aromatic amines is 1. The average molecular weight is 315 g/mol. The van der Waals surface area contributed by atoms with Gasteiger partial charge in [0.05, 0.1) is 11.0 Å². The molecule has 0 saturated carbocycles. The molecular weight excluding hydrogens is 290 g/mol. The lowest BCUT2D eigenvalue weighted by atomic mass is 9.96. The summed E-state index contributed by atoms with van der Waals surface area (Å²) < 4.78 is 1.56. The van der Waals surface area contributed by atoms with E-state index in [0.717, 1.165) is 42.9 Å². The van der Waals surface area contributed by atoms with Crippen molar-refractivity contribution in [3.8, 4) is 0 Å². The zero-order valence-electron chi connectivity index (χ0n) is 14.0. The van der Waals surface area contributed by atoms with E-state index in [1.54, 1.807) is 17.7 Å². The van der Waals surface area contributed by atoms with Gasteiger partial charge in [-0.05, 0) is 43.4 Å². The Hall–Kier alpha value is -2.04. The molecule has 1 aromatic carbocycles. The minimum absolute atomic E-state index is 0.0775. The van der Waals surface area contributed by atoms with E-state index in [9.17, 15) is 9.59 Å². The highest BCUT2D eigenvalue weighted by molar-refractivity contribution is 5.97. The molecular formula is C18H25N3O2. The maximum absolute atomic E-state index is 12.8. The molecule has 5 nitrogen and oxygen atoms in total. The highest BCUT2D eigenvalue weighted by Crippen LogP contribution is 2.23. The number of nitrogens with zero attached hydrogens (tertiary/aromatic N) is 2. The molecule has 0 radical (unpaired) electrons. The van der Waals surface area contributed by atoms with Gasteiger partial charge in [-0.15, -0.1) is 0 Å². The highest BCUT2D eigenvalue weighted by atomic mass is 16.2. The second kappa shape index (κ2) is 6.60. The van der Waals surface area contributed by atoms with Gasteiger partial charge < -0.3 is 9.88 Å². The van der Waals surface area contributed by atoms with Crippen LogP contribution in [0.5, 0.6) is 0 Å². The van der Waals surface area contributed by atoms with Gasteiger partial charge in [-0.2, -0.15) is 0 Å². The van der Waals surface area contributed by atoms with E-state index >= 15 is 0 Å². The lowest BCUT2D eigenvalue weighted by Crippen LogP contribution is -2.32. The number of nitrogens with one attached hydrogen (secondary N) is 1. The fraction of sp³-hybridized carbons (Fsp3) is 0.556. The molecule has 1 N–H and O–H groups in total. The smallest absolute Gasteiger partial charge is 0.326 e. The second-order valence-electron chi connectivity index (χ2n) is 6.60. The first-order chi connectivity index (χ1) is 11.1. The summed E-state index contributed by atoms with van der Waals surface area (Å²) in [7, 11) is 1.73. The maximum atomic E-state index is 12.8. The highest BCUT2D eigenvalue weighted by Gasteiger charge is 2.21. The van der Waals surface area contributed by atoms with Crippen molar-refractivity contribution in [1.82, 2.24) is 14.5 Å². The van der Waals surface area contributed by atoms with Gasteiger partial charge in [0.2, 0.25) is 0 Å². The number of carbonyl (C=O) groups is 1. The van der Waals surface area contributed by atoms with Crippen LogP contribution in [0.4, 0.5) is 0 Å². The monoisotopic (exact) mass is 315 g/mol. The van der Waals surface area contributed by atoms with Crippen molar-refractivity contribution in [3.05, 3.63) is 34.2 Å². The number of aryl methyl sites for hydroxylation is 1. The number of fused-ring (bicyclic) bond motifs is 1. The molecule has 3 rings (SSSR count). The summed E-state index contributed by atoms with van der Waals surface area (Å²) in [6.45, 7) is 3.90. The molecule has 124 valence electrons. The molecule has 2 heterocycles. The summed E-state index contributed by atoms with van der Waals surface area (Å²) >= 11 is 0. The van der Waals surface area contributed by atoms with Gasteiger partial charge in [0.15, 0.2) is 0 Å². The lowest BCUT2D eigenvalue weighted by Gasteiger charge is -2.20. The zero-order valence-corrected chi connectivity index (χ0v) is 14.0. The first kappa shape index (κ1) is 15.8. The van der Waals surface area contributed by atoms with E-state index < -0.39 is 0 Å². The summed E-state index contributed by atoms with van der Waals surface area (Å²) in [5.41, 5.74) is 2.06. The third-order valence-corrected chi connectivity index (χ3v) is 4.98. The van der Waals surface area contributed by atoms with E-state index in [1.165, 1.54) is 19.3 Å². The molecule has 1 fully saturated rings. The Kier molecular flexibility index (Phi) is 4.55. The molecule has 2 aromatic rings. The van der Waals surface area contributed by atoms with Crippen molar-refractivity contribution in [2.24, 2.45) is 13.0 Å². The molecule has 1 aliphatic rings. The molecule has 5 heteroatoms. The number of benzene rings is 1. The Morgan fingerprint density at radius 1 is 1.30 bits per heavy atom. The molecule has 1 aliphatic heterocycles. The minimum Gasteiger partial charge on any atom is -0.339 e. The molecule has 0 aliphatic carbocycles. The fourth-order valence-corrected chi connectivity index (χ4v) is 3.62. The van der Waals surface area contributed by atoms with Gasteiger partial charge in [-0.3, -0.25) is 9.36 Å². The molecule has 0 spiro atoms. The topological polar surface area (TPSA) is 58.1 Å². The molecule has 0 unspecified atom stereocenters. The second-order valence-corrected chi connectivity index (χ2v) is 6.60. The Morgan fingerprint density at radius 3 is 2.91 bits per heavy atom. The molecule has 23 heavy (non-hydrogen) atoms. The third kappa shape index (κ3) is 3.19. The number of likely N-dealkylation sites (tertiary alicyclic amines) is 1. The normalized spacial score (nSPS) is 19.0. The van der Waals surface area contributed by atoms with Crippen LogP contribution < -0.4 is 5.69 Å². The number of hydrogen-bond acceptors (Lipinski definition) is 2. The maximum Gasteiger partial charge on any atom is 0.326 e. The van der Waals surface area contributed by atoms with Crippen molar-refractivity contribution >= 4 is 16.9 Å². The number of hydrogen-bond donors (Lipinski definition) is 1. The number of H-pyrrole nitrogens is 1. The van der Waals surface area contributed by atoms with E-state index in [-0.39, 0.29) is 11.6 Å². The summed E-state index contributed by atoms with van der Waals surface area (Å²) in [4.78, 5) is 29.2. The largest absolute Gasteiger partial charge is 0.339 e. The SMILES string of the molecule is CCC[C@@H]1CCCN(C(=O)c2ccc3c(c2)[nH]c(=O)n3C)CC1. The van der Waals surface area contributed by atoms with Gasteiger partial charge in [-0.1, -0.05) is 19.8 Å². The number of carbonyl (C=O) groups excluding carboxylic acids is 1. The quantitative estimate of drug-likeness (QED) is 0.947. The van der Waals surface area contributed by atoms with Crippen LogP contribution in [0.2, 0.25) is 0 Å². The van der Waals surface area contributed by atoms with Gasteiger partial charge in [0, 0.05) is 25.7 Å². The minimum atomic E-state index is -0.151. The molecule has 1 amide bonds. The van der Waals surface area contributed by atoms with Crippen LogP contribution in [-0.4, -0.2) is 33.4 Å². The number of amides is 1. The van der Waals surface area contributed by atoms with Crippen molar-refractivity contribution in [2.45, 2.75) is 39.0 Å². The number of rotatable bonds is 3. The summed E-state index contributed by atoms with van der Waals surface area (Å²) in [5, 5.41) is 0. The van der Waals surface area contributed by atoms with E-state index in [2.05, 4.69) is 11.9 Å². The van der Waals surface area contributed by atoms with Crippen LogP contribution in [-0.2, 0) is 7.05 Å². The fourth-order valence-electron chi connectivity index (χ4n) is 3.62. The van der Waals surface area contributed by atoms with Crippen LogP contribution in [0.3, 0.4) is 0 Å². The van der Waals surface area contributed by atoms with Crippen LogP contribution in [0.25, 0.3) is 11.0 Å². The Labute approximate surface area is 136 Å². The van der Waals surface area contributed by atoms with Crippen LogP contribution in [0.15, 0.2) is 23.0 Å². The molecule has 0 bridgehead atoms. The van der Waals surface area contributed by atoms with Gasteiger partial charge >= 0.3 is 5.69 Å². The van der Waals surface area contributed by atoms with Crippen molar-refractivity contribution in [1.29, 1.82) is 0 Å². The lowest BCUT2D eigenvalue weighted by molar-refractivity contribution is 0.0760. The summed E-state index contributed by atoms with van der Waals surface area (Å²) in [6.07, 6.45) is 5.89. The standard InChI is InChI=1S/C18H25N3O2/c1-3-5-13-6-4-10-21(11-9-13)17(22)14-7-8-16-15(12-14)19-18(23)20(16)2/h7-8,12-13H,3-6,9-11H2,1-2H3,(H,19,23)/t13-/m1/s1. The van der Waals surface area contributed by atoms with Gasteiger partial charge in [0.1, 0.15) is 0 Å². The first-order valence-corrected chi connectivity index (χ1v) is 8.58. The van der Waals surface area contributed by atoms with E-state index in [4.69, 9.17) is 0 Å². The van der Waals surface area contributed by atoms with E-state index in [1.807, 2.05) is 17.0 Å². The first-order valence-electron chi connectivity index (χ1n) is 8.58. The van der Waals surface area contributed by atoms with Crippen molar-refractivity contribution in [3.63, 3.8) is 0 Å². The Bertz CT molecular complexity index is 759. The predicted molar refractivity (Wildman–Crippen MR) is 91.7 cm³/mol. The summed E-state index contributed by atoms with van der Waals surface area (Å²) in [5.74, 6) is 0.833. The van der Waals surface area contributed by atoms with Crippen LogP contribution in [0, 0.1) is 5.92 Å². The van der Waals surface area contributed by atoms with Crippen LogP contribution in [0.1, 0.15) is 49.4 Å². The van der Waals surface area contributed by atoms with Crippen molar-refractivity contribution < 1.29 is 4.79 Å². The number of imidazole rings is 1. The third-order valence-electron chi connectivity index (χ3n) is 4.98. The van der Waals surface area contributed by atoms with Gasteiger partial charge in [-0.25, -0.2) is 4.79 Å². The number of aromatic nitrogens is 2. The predicted octanol–water partition coefficient (Wildman–Crippen LogP) is 2.91. The Balaban J connectivity index is 1.78. The average Bonchev–Trinajstić information content (AvgIpc) is 2.72. The van der Waals surface area contributed by atoms with Crippen molar-refractivity contribution in [2.75, 3.05) is 13.1 Å². The Morgan fingerprint density at radius 2 is 2.13 bits per heavy atom. The zero-order chi connectivity index (χ0) is 16.4. The van der Waals surface area contributed by atoms with Gasteiger partial charge in [0.25, 0.3) is 5.91 Å². The molecule has 1 saturated heterocycles. The van der Waals surface area contributed by atoms with Crippen LogP contribution >= 0.6 is 0 Å². The molecule has 1 atom stereocenters. The molecule has 1 aromatic heterocycles. The van der Waals surface area contributed by atoms with E-state index in [0.29, 0.717) is 5.56 Å². The summed E-state index contributed by atoms with van der Waals surface area (Å²) in [6, 6.07) is 5.47.